The minimum atomic E-state index is -0.366. The molecule has 180 valence electrons. The summed E-state index contributed by atoms with van der Waals surface area (Å²) in [5.41, 5.74) is 6.26. The van der Waals surface area contributed by atoms with Gasteiger partial charge in [0.2, 0.25) is 11.8 Å². The summed E-state index contributed by atoms with van der Waals surface area (Å²) in [6, 6.07) is 24.2. The predicted octanol–water partition coefficient (Wildman–Crippen LogP) is 6.50. The number of benzene rings is 3. The molecule has 1 atom stereocenters. The van der Waals surface area contributed by atoms with E-state index in [0.29, 0.717) is 12.5 Å². The molecule has 0 aromatic heterocycles. The van der Waals surface area contributed by atoms with Crippen LogP contribution in [0.4, 0.5) is 22.7 Å². The van der Waals surface area contributed by atoms with Crippen molar-refractivity contribution in [1.82, 2.24) is 0 Å². The SMILES string of the molecule is CC(C)c1ccccc1N1CC(C(=O)Nc2ccc(Nc3ccccc3CC3CC3)cc2)CC1=O. The number of nitrogens with one attached hydrogen (secondary N) is 2. The van der Waals surface area contributed by atoms with Gasteiger partial charge >= 0.3 is 0 Å². The molecule has 5 nitrogen and oxygen atoms in total. The number of amides is 2. The molecule has 1 heterocycles. The highest BCUT2D eigenvalue weighted by Gasteiger charge is 2.36. The number of carbonyl (C=O) groups excluding carboxylic acids is 2. The van der Waals surface area contributed by atoms with Crippen molar-refractivity contribution in [3.8, 4) is 0 Å². The Morgan fingerprint density at radius 3 is 2.37 bits per heavy atom. The smallest absolute Gasteiger partial charge is 0.229 e. The molecule has 5 heteroatoms. The van der Waals surface area contributed by atoms with Gasteiger partial charge in [0.15, 0.2) is 0 Å². The fourth-order valence-electron chi connectivity index (χ4n) is 4.83. The topological polar surface area (TPSA) is 61.4 Å². The molecule has 0 spiro atoms. The first-order chi connectivity index (χ1) is 17.0. The largest absolute Gasteiger partial charge is 0.355 e. The first-order valence-electron chi connectivity index (χ1n) is 12.6. The van der Waals surface area contributed by atoms with E-state index < -0.39 is 0 Å². The highest BCUT2D eigenvalue weighted by atomic mass is 16.2. The monoisotopic (exact) mass is 467 g/mol. The van der Waals surface area contributed by atoms with Crippen LogP contribution >= 0.6 is 0 Å². The zero-order valence-corrected chi connectivity index (χ0v) is 20.5. The lowest BCUT2D eigenvalue weighted by Gasteiger charge is -2.22. The highest BCUT2D eigenvalue weighted by Crippen LogP contribution is 2.35. The summed E-state index contributed by atoms with van der Waals surface area (Å²) in [5.74, 6) is 0.656. The van der Waals surface area contributed by atoms with E-state index in [4.69, 9.17) is 0 Å². The van der Waals surface area contributed by atoms with Crippen LogP contribution in [-0.4, -0.2) is 18.4 Å². The lowest BCUT2D eigenvalue weighted by Crippen LogP contribution is -2.28. The van der Waals surface area contributed by atoms with E-state index >= 15 is 0 Å². The van der Waals surface area contributed by atoms with Gasteiger partial charge in [-0.05, 0) is 78.6 Å². The van der Waals surface area contributed by atoms with Gasteiger partial charge in [-0.15, -0.1) is 0 Å². The Kier molecular flexibility index (Phi) is 6.58. The van der Waals surface area contributed by atoms with Crippen LogP contribution in [0.3, 0.4) is 0 Å². The van der Waals surface area contributed by atoms with Crippen LogP contribution in [0.15, 0.2) is 72.8 Å². The normalized spacial score (nSPS) is 17.6. The molecule has 3 aromatic carbocycles. The van der Waals surface area contributed by atoms with Crippen molar-refractivity contribution in [3.05, 3.63) is 83.9 Å². The van der Waals surface area contributed by atoms with Crippen LogP contribution in [0, 0.1) is 11.8 Å². The van der Waals surface area contributed by atoms with Gasteiger partial charge in [-0.25, -0.2) is 0 Å². The van der Waals surface area contributed by atoms with Gasteiger partial charge in [0.1, 0.15) is 0 Å². The number of carbonyl (C=O) groups is 2. The Bertz CT molecular complexity index is 1210. The predicted molar refractivity (Wildman–Crippen MR) is 142 cm³/mol. The molecule has 2 amide bonds. The third-order valence-electron chi connectivity index (χ3n) is 7.00. The van der Waals surface area contributed by atoms with E-state index in [0.717, 1.165) is 40.7 Å². The van der Waals surface area contributed by atoms with Crippen LogP contribution in [-0.2, 0) is 16.0 Å². The van der Waals surface area contributed by atoms with E-state index in [9.17, 15) is 9.59 Å². The summed E-state index contributed by atoms with van der Waals surface area (Å²) in [5, 5.41) is 6.53. The Balaban J connectivity index is 1.21. The molecule has 1 aliphatic carbocycles. The molecule has 1 saturated carbocycles. The Morgan fingerprint density at radius 1 is 0.943 bits per heavy atom. The first-order valence-corrected chi connectivity index (χ1v) is 12.6. The van der Waals surface area contributed by atoms with Gasteiger partial charge in [0, 0.05) is 35.7 Å². The summed E-state index contributed by atoms with van der Waals surface area (Å²) in [6.45, 7) is 4.65. The standard InChI is InChI=1S/C30H33N3O2/c1-20(2)26-8-4-6-10-28(26)33-19-23(18-29(33)34)30(35)32-25-15-13-24(14-16-25)31-27-9-5-3-7-22(27)17-21-11-12-21/h3-10,13-16,20-21,23,31H,11-12,17-19H2,1-2H3,(H,32,35). The van der Waals surface area contributed by atoms with E-state index in [-0.39, 0.29) is 24.2 Å². The number of anilines is 4. The minimum absolute atomic E-state index is 0.00246. The third-order valence-corrected chi connectivity index (χ3v) is 7.00. The van der Waals surface area contributed by atoms with Crippen LogP contribution in [0.5, 0.6) is 0 Å². The number of nitrogens with zero attached hydrogens (tertiary/aromatic N) is 1. The fraction of sp³-hybridized carbons (Fsp3) is 0.333. The molecule has 3 aromatic rings. The van der Waals surface area contributed by atoms with E-state index in [2.05, 4.69) is 54.8 Å². The lowest BCUT2D eigenvalue weighted by atomic mass is 10.0. The summed E-state index contributed by atoms with van der Waals surface area (Å²) < 4.78 is 0. The van der Waals surface area contributed by atoms with E-state index in [1.165, 1.54) is 18.4 Å². The maximum atomic E-state index is 13.0. The summed E-state index contributed by atoms with van der Waals surface area (Å²) in [6.07, 6.45) is 4.01. The minimum Gasteiger partial charge on any atom is -0.355 e. The fourth-order valence-corrected chi connectivity index (χ4v) is 4.83. The number of hydrogen-bond acceptors (Lipinski definition) is 3. The van der Waals surface area contributed by atoms with Crippen molar-refractivity contribution in [2.24, 2.45) is 11.8 Å². The average Bonchev–Trinajstić information content (AvgIpc) is 3.59. The highest BCUT2D eigenvalue weighted by molar-refractivity contribution is 6.04. The van der Waals surface area contributed by atoms with Gasteiger partial charge in [-0.1, -0.05) is 50.2 Å². The molecule has 0 radical (unpaired) electrons. The molecule has 5 rings (SSSR count). The number of para-hydroxylation sites is 2. The zero-order chi connectivity index (χ0) is 24.4. The van der Waals surface area contributed by atoms with Crippen LogP contribution in [0.1, 0.15) is 50.2 Å². The molecular weight excluding hydrogens is 434 g/mol. The van der Waals surface area contributed by atoms with E-state index in [1.807, 2.05) is 42.5 Å². The first kappa shape index (κ1) is 23.2. The van der Waals surface area contributed by atoms with Gasteiger partial charge in [-0.2, -0.15) is 0 Å². The Hall–Kier alpha value is -3.60. The number of hydrogen-bond donors (Lipinski definition) is 2. The molecule has 0 bridgehead atoms. The Morgan fingerprint density at radius 2 is 1.63 bits per heavy atom. The van der Waals surface area contributed by atoms with Gasteiger partial charge in [-0.3, -0.25) is 9.59 Å². The maximum absolute atomic E-state index is 13.0. The second-order valence-electron chi connectivity index (χ2n) is 10.1. The molecular formula is C30H33N3O2. The molecule has 2 aliphatic rings. The van der Waals surface area contributed by atoms with Crippen molar-refractivity contribution in [1.29, 1.82) is 0 Å². The van der Waals surface area contributed by atoms with Crippen molar-refractivity contribution < 1.29 is 9.59 Å². The molecule has 2 N–H and O–H groups in total. The number of rotatable bonds is 8. The zero-order valence-electron chi connectivity index (χ0n) is 20.5. The average molecular weight is 468 g/mol. The second-order valence-corrected chi connectivity index (χ2v) is 10.1. The van der Waals surface area contributed by atoms with Crippen molar-refractivity contribution in [2.45, 2.75) is 45.4 Å². The lowest BCUT2D eigenvalue weighted by molar-refractivity contribution is -0.122. The molecule has 1 saturated heterocycles. The van der Waals surface area contributed by atoms with Crippen molar-refractivity contribution in [2.75, 3.05) is 22.1 Å². The van der Waals surface area contributed by atoms with Crippen LogP contribution < -0.4 is 15.5 Å². The quantitative estimate of drug-likeness (QED) is 0.398. The van der Waals surface area contributed by atoms with Gasteiger partial charge < -0.3 is 15.5 Å². The molecule has 2 fully saturated rings. The van der Waals surface area contributed by atoms with Crippen molar-refractivity contribution >= 4 is 34.6 Å². The van der Waals surface area contributed by atoms with Crippen LogP contribution in [0.2, 0.25) is 0 Å². The molecule has 35 heavy (non-hydrogen) atoms. The van der Waals surface area contributed by atoms with Gasteiger partial charge in [0.05, 0.1) is 5.92 Å². The molecule has 1 aliphatic heterocycles. The molecule has 1 unspecified atom stereocenters. The Labute approximate surface area is 207 Å². The maximum Gasteiger partial charge on any atom is 0.229 e. The van der Waals surface area contributed by atoms with Crippen molar-refractivity contribution in [3.63, 3.8) is 0 Å². The summed E-state index contributed by atoms with van der Waals surface area (Å²) >= 11 is 0. The van der Waals surface area contributed by atoms with Crippen LogP contribution in [0.25, 0.3) is 0 Å². The summed E-state index contributed by atoms with van der Waals surface area (Å²) in [4.78, 5) is 27.5. The second kappa shape index (κ2) is 9.95. The summed E-state index contributed by atoms with van der Waals surface area (Å²) in [7, 11) is 0. The third kappa shape index (κ3) is 5.40. The van der Waals surface area contributed by atoms with Gasteiger partial charge in [0.25, 0.3) is 0 Å². The van der Waals surface area contributed by atoms with E-state index in [1.54, 1.807) is 4.90 Å².